The largest absolute Gasteiger partial charge is 0.455 e. The normalized spacial score (nSPS) is 14.3. The molecule has 1 aliphatic heterocycles. The molecule has 11 heteroatoms. The minimum absolute atomic E-state index is 0. The van der Waals surface area contributed by atoms with Gasteiger partial charge < -0.3 is 10.2 Å². The monoisotopic (exact) mass is 474 g/mol. The lowest BCUT2D eigenvalue weighted by Crippen LogP contribution is -2.39. The maximum absolute atomic E-state index is 12.5. The molecule has 4 heterocycles. The molecule has 0 atom stereocenters. The van der Waals surface area contributed by atoms with Gasteiger partial charge in [-0.2, -0.15) is 5.10 Å². The highest BCUT2D eigenvalue weighted by atomic mass is 35.5. The van der Waals surface area contributed by atoms with Crippen molar-refractivity contribution in [2.45, 2.75) is 27.2 Å². The smallest absolute Gasteiger partial charge is 0.329 e. The lowest BCUT2D eigenvalue weighted by Gasteiger charge is -2.18. The summed E-state index contributed by atoms with van der Waals surface area (Å²) in [5.41, 5.74) is 1.72. The second kappa shape index (κ2) is 9.97. The van der Waals surface area contributed by atoms with E-state index in [2.05, 4.69) is 20.4 Å². The van der Waals surface area contributed by atoms with Gasteiger partial charge in [0.1, 0.15) is 17.3 Å². The standard InChI is InChI=1S/C22H24N6O3.ClH.H2O/c1-14-18(31-16-7-9-23-17(11-16)15-12-24-27(4)13-15)5-6-19(25-14)26-21(30)28-10-8-22(2,3)20(28)29;;/h5-7,9,11-13H,8,10H2,1-4H3,(H,25,26,30);1H;1H2. The lowest BCUT2D eigenvalue weighted by atomic mass is 9.92. The van der Waals surface area contributed by atoms with Gasteiger partial charge in [-0.05, 0) is 31.5 Å². The minimum atomic E-state index is -0.516. The Morgan fingerprint density at radius 3 is 2.61 bits per heavy atom. The number of hydrogen-bond acceptors (Lipinski definition) is 6. The fraction of sp³-hybridized carbons (Fsp3) is 0.318. The first-order valence-corrected chi connectivity index (χ1v) is 9.96. The highest BCUT2D eigenvalue weighted by Crippen LogP contribution is 2.31. The fourth-order valence-corrected chi connectivity index (χ4v) is 3.37. The van der Waals surface area contributed by atoms with Crippen molar-refractivity contribution in [1.29, 1.82) is 0 Å². The van der Waals surface area contributed by atoms with Gasteiger partial charge in [0.05, 0.1) is 17.6 Å². The van der Waals surface area contributed by atoms with E-state index >= 15 is 0 Å². The Balaban J connectivity index is 0.00000193. The van der Waals surface area contributed by atoms with Crippen molar-refractivity contribution in [3.8, 4) is 22.8 Å². The molecular weight excluding hydrogens is 448 g/mol. The van der Waals surface area contributed by atoms with Crippen molar-refractivity contribution >= 4 is 30.2 Å². The molecule has 3 N–H and O–H groups in total. The number of nitrogens with one attached hydrogen (secondary N) is 1. The summed E-state index contributed by atoms with van der Waals surface area (Å²) in [5.74, 6) is 1.35. The zero-order valence-electron chi connectivity index (χ0n) is 18.8. The number of hydrogen-bond donors (Lipinski definition) is 1. The molecule has 3 amide bonds. The van der Waals surface area contributed by atoms with Crippen molar-refractivity contribution in [3.05, 3.63) is 48.5 Å². The molecule has 33 heavy (non-hydrogen) atoms. The van der Waals surface area contributed by atoms with Gasteiger partial charge in [-0.1, -0.05) is 13.8 Å². The summed E-state index contributed by atoms with van der Waals surface area (Å²) in [6.45, 7) is 5.88. The Morgan fingerprint density at radius 1 is 1.24 bits per heavy atom. The Morgan fingerprint density at radius 2 is 2.00 bits per heavy atom. The second-order valence-corrected chi connectivity index (χ2v) is 8.18. The second-order valence-electron chi connectivity index (χ2n) is 8.18. The first kappa shape index (κ1) is 25.8. The summed E-state index contributed by atoms with van der Waals surface area (Å²) in [6.07, 6.45) is 5.93. The van der Waals surface area contributed by atoms with Gasteiger partial charge >= 0.3 is 6.03 Å². The summed E-state index contributed by atoms with van der Waals surface area (Å²) in [7, 11) is 1.85. The SMILES string of the molecule is Cc1nc(NC(=O)N2CCC(C)(C)C2=O)ccc1Oc1ccnc(-c2cnn(C)c2)c1.Cl.O. The Kier molecular flexibility index (Phi) is 7.78. The minimum Gasteiger partial charge on any atom is -0.455 e. The Bertz CT molecular complexity index is 1160. The number of nitrogens with zero attached hydrogens (tertiary/aromatic N) is 5. The number of urea groups is 1. The maximum Gasteiger partial charge on any atom is 0.329 e. The average Bonchev–Trinajstić information content (AvgIpc) is 3.27. The van der Waals surface area contributed by atoms with Gasteiger partial charge in [0.2, 0.25) is 5.91 Å². The molecule has 1 saturated heterocycles. The molecular formula is C22H27ClN6O4. The molecule has 3 aromatic heterocycles. The van der Waals surface area contributed by atoms with Crippen LogP contribution in [0, 0.1) is 12.3 Å². The number of anilines is 1. The highest BCUT2D eigenvalue weighted by Gasteiger charge is 2.41. The summed E-state index contributed by atoms with van der Waals surface area (Å²) in [5, 5.41) is 6.86. The molecule has 1 fully saturated rings. The van der Waals surface area contributed by atoms with E-state index in [4.69, 9.17) is 4.74 Å². The van der Waals surface area contributed by atoms with Crippen molar-refractivity contribution in [2.75, 3.05) is 11.9 Å². The summed E-state index contributed by atoms with van der Waals surface area (Å²) >= 11 is 0. The van der Waals surface area contributed by atoms with Crippen LogP contribution in [0.25, 0.3) is 11.3 Å². The van der Waals surface area contributed by atoms with E-state index in [0.29, 0.717) is 36.0 Å². The predicted molar refractivity (Wildman–Crippen MR) is 125 cm³/mol. The number of halogens is 1. The van der Waals surface area contributed by atoms with Crippen LogP contribution < -0.4 is 10.1 Å². The van der Waals surface area contributed by atoms with Crippen LogP contribution in [0.2, 0.25) is 0 Å². The zero-order chi connectivity index (χ0) is 22.2. The molecule has 0 aromatic carbocycles. The number of likely N-dealkylation sites (tertiary alicyclic amines) is 1. The summed E-state index contributed by atoms with van der Waals surface area (Å²) < 4.78 is 7.69. The number of rotatable bonds is 4. The van der Waals surface area contributed by atoms with Crippen LogP contribution >= 0.6 is 12.4 Å². The highest BCUT2D eigenvalue weighted by molar-refractivity contribution is 6.03. The van der Waals surface area contributed by atoms with Gasteiger partial charge in [-0.25, -0.2) is 9.78 Å². The third-order valence-electron chi connectivity index (χ3n) is 5.26. The van der Waals surface area contributed by atoms with Crippen molar-refractivity contribution in [2.24, 2.45) is 12.5 Å². The molecule has 0 saturated carbocycles. The molecule has 0 radical (unpaired) electrons. The first-order chi connectivity index (χ1) is 14.7. The van der Waals surface area contributed by atoms with E-state index in [1.54, 1.807) is 42.2 Å². The van der Waals surface area contributed by atoms with Gasteiger partial charge in [0.15, 0.2) is 0 Å². The molecule has 0 bridgehead atoms. The van der Waals surface area contributed by atoms with E-state index in [0.717, 1.165) is 11.3 Å². The van der Waals surface area contributed by atoms with Gasteiger partial charge in [0.25, 0.3) is 0 Å². The van der Waals surface area contributed by atoms with Crippen molar-refractivity contribution < 1.29 is 19.8 Å². The van der Waals surface area contributed by atoms with Gasteiger partial charge in [-0.3, -0.25) is 24.7 Å². The zero-order valence-corrected chi connectivity index (χ0v) is 19.6. The van der Waals surface area contributed by atoms with Crippen molar-refractivity contribution in [3.63, 3.8) is 0 Å². The van der Waals surface area contributed by atoms with Crippen LogP contribution in [0.15, 0.2) is 42.9 Å². The number of ether oxygens (including phenoxy) is 1. The first-order valence-electron chi connectivity index (χ1n) is 9.96. The van der Waals surface area contributed by atoms with E-state index in [9.17, 15) is 9.59 Å². The number of amides is 3. The molecule has 4 rings (SSSR count). The van der Waals surface area contributed by atoms with Crippen LogP contribution in [0.3, 0.4) is 0 Å². The van der Waals surface area contributed by atoms with Crippen LogP contribution in [-0.2, 0) is 11.8 Å². The Hall–Kier alpha value is -3.50. The summed E-state index contributed by atoms with van der Waals surface area (Å²) in [6, 6.07) is 6.50. The van der Waals surface area contributed by atoms with Gasteiger partial charge in [-0.15, -0.1) is 12.4 Å². The van der Waals surface area contributed by atoms with Crippen LogP contribution in [0.1, 0.15) is 26.0 Å². The van der Waals surface area contributed by atoms with E-state index in [-0.39, 0.29) is 23.8 Å². The van der Waals surface area contributed by atoms with Gasteiger partial charge in [0, 0.05) is 43.0 Å². The molecule has 0 aliphatic carbocycles. The number of carbonyl (C=O) groups is 2. The lowest BCUT2D eigenvalue weighted by molar-refractivity contribution is -0.131. The number of imide groups is 1. The topological polar surface area (TPSA) is 134 Å². The number of pyridine rings is 2. The average molecular weight is 475 g/mol. The summed E-state index contributed by atoms with van der Waals surface area (Å²) in [4.78, 5) is 34.8. The number of carbonyl (C=O) groups excluding carboxylic acids is 2. The van der Waals surface area contributed by atoms with E-state index in [1.165, 1.54) is 4.90 Å². The third-order valence-corrected chi connectivity index (χ3v) is 5.26. The molecule has 0 unspecified atom stereocenters. The van der Waals surface area contributed by atoms with Crippen LogP contribution in [0.5, 0.6) is 11.5 Å². The quantitative estimate of drug-likeness (QED) is 0.616. The molecule has 3 aromatic rings. The maximum atomic E-state index is 12.5. The molecule has 176 valence electrons. The van der Waals surface area contributed by atoms with Crippen LogP contribution in [-0.4, -0.2) is 48.6 Å². The Labute approximate surface area is 197 Å². The van der Waals surface area contributed by atoms with Crippen molar-refractivity contribution in [1.82, 2.24) is 24.6 Å². The number of aromatic nitrogens is 4. The molecule has 0 spiro atoms. The molecule has 1 aliphatic rings. The fourth-order valence-electron chi connectivity index (χ4n) is 3.37. The van der Waals surface area contributed by atoms with E-state index < -0.39 is 11.4 Å². The van der Waals surface area contributed by atoms with E-state index in [1.807, 2.05) is 33.2 Å². The third kappa shape index (κ3) is 5.47. The molecule has 10 nitrogen and oxygen atoms in total. The number of aryl methyl sites for hydroxylation is 2. The predicted octanol–water partition coefficient (Wildman–Crippen LogP) is 3.37. The van der Waals surface area contributed by atoms with Crippen LogP contribution in [0.4, 0.5) is 10.6 Å².